The number of piperazine rings is 1. The minimum Gasteiger partial charge on any atom is -0.368 e. The molecule has 5 fully saturated rings. The van der Waals surface area contributed by atoms with Gasteiger partial charge in [0.1, 0.15) is 17.4 Å². The second-order valence-corrected chi connectivity index (χ2v) is 25.1. The van der Waals surface area contributed by atoms with Crippen LogP contribution in [0.15, 0.2) is 85.2 Å². The number of likely N-dealkylation sites (tertiary alicyclic amines) is 2. The van der Waals surface area contributed by atoms with Crippen molar-refractivity contribution in [1.29, 1.82) is 0 Å². The molecule has 8 heterocycles. The van der Waals surface area contributed by atoms with E-state index >= 15 is 9.18 Å². The lowest BCUT2D eigenvalue weighted by Gasteiger charge is -2.48. The van der Waals surface area contributed by atoms with Gasteiger partial charge in [0.2, 0.25) is 17.7 Å². The Labute approximate surface area is 503 Å². The van der Waals surface area contributed by atoms with Crippen LogP contribution < -0.4 is 25.8 Å². The van der Waals surface area contributed by atoms with Gasteiger partial charge in [0.25, 0.3) is 29.5 Å². The van der Waals surface area contributed by atoms with E-state index in [2.05, 4.69) is 33.0 Å². The van der Waals surface area contributed by atoms with Gasteiger partial charge in [0.05, 0.1) is 39.8 Å². The van der Waals surface area contributed by atoms with E-state index in [-0.39, 0.29) is 71.4 Å². The van der Waals surface area contributed by atoms with Gasteiger partial charge < -0.3 is 39.7 Å². The van der Waals surface area contributed by atoms with Crippen molar-refractivity contribution in [2.75, 3.05) is 67.5 Å². The number of amides is 8. The van der Waals surface area contributed by atoms with E-state index in [1.54, 1.807) is 65.5 Å². The highest BCUT2D eigenvalue weighted by Crippen LogP contribution is 2.52. The predicted molar refractivity (Wildman–Crippen MR) is 325 cm³/mol. The van der Waals surface area contributed by atoms with Gasteiger partial charge in [-0.25, -0.2) is 14.4 Å². The van der Waals surface area contributed by atoms with Crippen molar-refractivity contribution < 1.29 is 42.7 Å². The molecule has 0 radical (unpaired) electrons. The number of nitrogens with zero attached hydrogens (tertiary/aromatic N) is 9. The molecule has 21 heteroatoms. The zero-order chi connectivity index (χ0) is 60.7. The summed E-state index contributed by atoms with van der Waals surface area (Å²) in [6, 6.07) is 21.9. The molecule has 3 N–H and O–H groups in total. The van der Waals surface area contributed by atoms with Crippen molar-refractivity contribution in [2.24, 2.45) is 0 Å². The summed E-state index contributed by atoms with van der Waals surface area (Å²) in [5.74, 6) is -3.04. The molecule has 1 spiro atoms. The Balaban J connectivity index is 0.708. The Morgan fingerprint density at radius 1 is 0.724 bits per heavy atom. The van der Waals surface area contributed by atoms with Crippen LogP contribution in [-0.2, 0) is 19.8 Å². The molecule has 4 aromatic carbocycles. The van der Waals surface area contributed by atoms with Gasteiger partial charge in [-0.1, -0.05) is 18.6 Å². The van der Waals surface area contributed by atoms with E-state index in [0.717, 1.165) is 47.6 Å². The summed E-state index contributed by atoms with van der Waals surface area (Å²) in [7, 11) is 0. The zero-order valence-electron chi connectivity index (χ0n) is 49.7. The van der Waals surface area contributed by atoms with Crippen LogP contribution in [0.5, 0.6) is 0 Å². The number of halogens is 1. The molecule has 6 aliphatic heterocycles. The monoisotopic (exact) mass is 1180 g/mol. The second-order valence-electron chi connectivity index (χ2n) is 25.1. The molecule has 13 rings (SSSR count). The first kappa shape index (κ1) is 57.2. The largest absolute Gasteiger partial charge is 0.368 e. The van der Waals surface area contributed by atoms with Crippen molar-refractivity contribution in [3.63, 3.8) is 0 Å². The number of carbonyl (C=O) groups is 8. The number of rotatable bonds is 12. The fraction of sp³-hybridized carbons (Fsp3) is 0.424. The minimum absolute atomic E-state index is 0.00470. The molecule has 20 nitrogen and oxygen atoms in total. The van der Waals surface area contributed by atoms with E-state index in [9.17, 15) is 33.6 Å². The average Bonchev–Trinajstić information content (AvgIpc) is 1.58. The van der Waals surface area contributed by atoms with Gasteiger partial charge in [0.15, 0.2) is 5.82 Å². The molecule has 0 bridgehead atoms. The van der Waals surface area contributed by atoms with Crippen LogP contribution in [0.1, 0.15) is 154 Å². The number of aromatic nitrogens is 3. The molecule has 1 aliphatic carbocycles. The molecular formula is C66H71FN12O8. The summed E-state index contributed by atoms with van der Waals surface area (Å²) in [4.78, 5) is 129. The first-order valence-electron chi connectivity index (χ1n) is 30.6. The van der Waals surface area contributed by atoms with Gasteiger partial charge in [-0.2, -0.15) is 0 Å². The lowest BCUT2D eigenvalue weighted by atomic mass is 9.73. The quantitative estimate of drug-likeness (QED) is 0.0993. The fourth-order valence-electron chi connectivity index (χ4n) is 14.2. The maximum atomic E-state index is 16.0. The van der Waals surface area contributed by atoms with Gasteiger partial charge in [0, 0.05) is 103 Å². The van der Waals surface area contributed by atoms with Crippen LogP contribution >= 0.6 is 0 Å². The van der Waals surface area contributed by atoms with Crippen LogP contribution in [0.3, 0.4) is 0 Å². The first-order valence-corrected chi connectivity index (χ1v) is 30.6. The Morgan fingerprint density at radius 3 is 2.07 bits per heavy atom. The topological polar surface area (TPSA) is 223 Å². The minimum atomic E-state index is -1.06. The summed E-state index contributed by atoms with van der Waals surface area (Å²) in [5, 5.41) is 8.40. The molecular weight excluding hydrogens is 1110 g/mol. The lowest BCUT2D eigenvalue weighted by molar-refractivity contribution is -0.136. The van der Waals surface area contributed by atoms with Crippen LogP contribution in [-0.4, -0.2) is 158 Å². The van der Waals surface area contributed by atoms with E-state index in [1.165, 1.54) is 31.4 Å². The van der Waals surface area contributed by atoms with Crippen molar-refractivity contribution in [3.8, 4) is 11.3 Å². The third kappa shape index (κ3) is 10.2. The number of imide groups is 2. The molecule has 8 amide bonds. The number of aryl methyl sites for hydroxylation is 1. The highest BCUT2D eigenvalue weighted by molar-refractivity contribution is 6.24. The Kier molecular flexibility index (Phi) is 14.8. The predicted octanol–water partition coefficient (Wildman–Crippen LogP) is 7.91. The highest BCUT2D eigenvalue weighted by atomic mass is 19.1. The van der Waals surface area contributed by atoms with Gasteiger partial charge in [-0.05, 0) is 171 Å². The van der Waals surface area contributed by atoms with Crippen LogP contribution in [0.25, 0.3) is 22.3 Å². The number of piperidine rings is 3. The lowest BCUT2D eigenvalue weighted by Crippen LogP contribution is -2.58. The normalized spacial score (nSPS) is 21.3. The number of pyridine rings is 1. The Bertz CT molecular complexity index is 3850. The van der Waals surface area contributed by atoms with E-state index in [1.807, 2.05) is 54.2 Å². The van der Waals surface area contributed by atoms with Gasteiger partial charge in [-0.15, -0.1) is 0 Å². The molecule has 2 aromatic heterocycles. The summed E-state index contributed by atoms with van der Waals surface area (Å²) in [6.07, 6.45) is 8.04. The summed E-state index contributed by atoms with van der Waals surface area (Å²) >= 11 is 0. The second kappa shape index (κ2) is 22.5. The number of anilines is 4. The van der Waals surface area contributed by atoms with Gasteiger partial charge in [-0.3, -0.25) is 48.6 Å². The van der Waals surface area contributed by atoms with Crippen molar-refractivity contribution in [3.05, 3.63) is 130 Å². The molecule has 6 aromatic rings. The zero-order valence-corrected chi connectivity index (χ0v) is 49.7. The third-order valence-electron chi connectivity index (χ3n) is 19.0. The Morgan fingerprint density at radius 2 is 1.40 bits per heavy atom. The van der Waals surface area contributed by atoms with Crippen LogP contribution in [0.4, 0.5) is 27.3 Å². The van der Waals surface area contributed by atoms with Crippen molar-refractivity contribution >= 4 is 81.2 Å². The number of hydrogen-bond donors (Lipinski definition) is 3. The van der Waals surface area contributed by atoms with Gasteiger partial charge >= 0.3 is 0 Å². The SMILES string of the molecule is Cc1cc(F)c(Nc2nc(-c3ccc4c(c3)N([C@H]3C[C@@H](N5CCCCC5)C3)C(=O)C43CCN(C(=O)c4ccc(C(=O)N5CCN(c6ccc7c(c6)C(=O)N(C6CCC(=O)NC6=O)C7=O)CC5)cc4)CC3)cc3ncn(C(C)C)c23)cc1C(=O)NC(C)C. The maximum Gasteiger partial charge on any atom is 0.262 e. The molecule has 1 atom stereocenters. The molecule has 4 saturated heterocycles. The average molecular weight is 1180 g/mol. The van der Waals surface area contributed by atoms with Crippen molar-refractivity contribution in [1.82, 2.24) is 44.8 Å². The highest BCUT2D eigenvalue weighted by Gasteiger charge is 2.56. The summed E-state index contributed by atoms with van der Waals surface area (Å²) in [5.41, 5.74) is 6.48. The van der Waals surface area contributed by atoms with Crippen LogP contribution in [0, 0.1) is 12.7 Å². The number of benzene rings is 4. The molecule has 7 aliphatic rings. The number of carbonyl (C=O) groups excluding carboxylic acids is 8. The number of hydrogen-bond acceptors (Lipinski definition) is 13. The van der Waals surface area contributed by atoms with Crippen molar-refractivity contribution in [2.45, 2.75) is 128 Å². The summed E-state index contributed by atoms with van der Waals surface area (Å²) < 4.78 is 17.9. The summed E-state index contributed by atoms with van der Waals surface area (Å²) in [6.45, 7) is 14.0. The fourth-order valence-corrected chi connectivity index (χ4v) is 14.2. The van der Waals surface area contributed by atoms with E-state index in [4.69, 9.17) is 9.97 Å². The molecule has 1 saturated carbocycles. The standard InChI is InChI=1S/C66H71FN12O8/c1-37(2)69-59(81)47-34-52(50(67)29-39(47)5)71-58-57-53(68-36-77(57)38(3)4)35-51(70-58)42-13-16-49-55(30-42)78(45-31-44(32-45)73-21-7-6-8-22-73)65(87)66(49)19-23-75(24-20-66)61(83)40-9-11-41(12-10-40)62(84)76-27-25-74(26-28-76)43-14-15-46-48(33-43)64(86)79(63(46)85)54-17-18-56(80)72-60(54)82/h9-16,29-30,33-38,44-45,54H,6-8,17-28,31-32H2,1-5H3,(H,69,81)(H,70,71)(H,72,80,82)/t44-,45+,54?. The molecule has 87 heavy (non-hydrogen) atoms. The Hall–Kier alpha value is -8.85. The van der Waals surface area contributed by atoms with E-state index in [0.29, 0.717) is 109 Å². The first-order chi connectivity index (χ1) is 41.8. The number of fused-ring (bicyclic) bond motifs is 4. The molecule has 1 unspecified atom stereocenters. The molecule has 450 valence electrons. The third-order valence-corrected chi connectivity index (χ3v) is 19.0. The van der Waals surface area contributed by atoms with E-state index < -0.39 is 40.9 Å². The number of nitrogens with one attached hydrogen (secondary N) is 3. The van der Waals surface area contributed by atoms with Crippen LogP contribution in [0.2, 0.25) is 0 Å². The number of imidazole rings is 1. The maximum absolute atomic E-state index is 16.0. The smallest absolute Gasteiger partial charge is 0.262 e.